The van der Waals surface area contributed by atoms with Gasteiger partial charge in [0.1, 0.15) is 17.3 Å². The van der Waals surface area contributed by atoms with Crippen molar-refractivity contribution in [3.05, 3.63) is 59.7 Å². The highest BCUT2D eigenvalue weighted by Crippen LogP contribution is 2.44. The zero-order chi connectivity index (χ0) is 16.4. The van der Waals surface area contributed by atoms with E-state index in [2.05, 4.69) is 0 Å². The Morgan fingerprint density at radius 1 is 1.17 bits per heavy atom. The number of fused-ring (bicyclic) bond motifs is 1. The minimum absolute atomic E-state index is 0.0233. The molecule has 0 spiro atoms. The van der Waals surface area contributed by atoms with Crippen LogP contribution in [-0.2, 0) is 9.59 Å². The fraction of sp³-hybridized carbons (Fsp3) is 0.263. The molecule has 0 radical (unpaired) electrons. The summed E-state index contributed by atoms with van der Waals surface area (Å²) in [7, 11) is 1.57. The summed E-state index contributed by atoms with van der Waals surface area (Å²) in [6.07, 6.45) is 0.170. The third-order valence-electron chi connectivity index (χ3n) is 4.14. The highest BCUT2D eigenvalue weighted by molar-refractivity contribution is 5.87. The molecule has 0 unspecified atom stereocenters. The number of hydrogen-bond donors (Lipinski definition) is 0. The van der Waals surface area contributed by atoms with Crippen molar-refractivity contribution < 1.29 is 19.1 Å². The van der Waals surface area contributed by atoms with Crippen LogP contribution >= 0.6 is 0 Å². The average Bonchev–Trinajstić information content (AvgIpc) is 2.55. The fourth-order valence-corrected chi connectivity index (χ4v) is 3.11. The van der Waals surface area contributed by atoms with Crippen LogP contribution < -0.4 is 9.47 Å². The van der Waals surface area contributed by atoms with Crippen molar-refractivity contribution >= 4 is 11.8 Å². The summed E-state index contributed by atoms with van der Waals surface area (Å²) in [6.45, 7) is 1.50. The monoisotopic (exact) mass is 310 g/mol. The molecule has 0 N–H and O–H groups in total. The first-order valence-electron chi connectivity index (χ1n) is 7.54. The van der Waals surface area contributed by atoms with Crippen molar-refractivity contribution in [3.63, 3.8) is 0 Å². The van der Waals surface area contributed by atoms with Gasteiger partial charge in [0.2, 0.25) is 0 Å². The molecule has 0 bridgehead atoms. The number of ether oxygens (including phenoxy) is 2. The number of carbonyl (C=O) groups is 2. The highest BCUT2D eigenvalue weighted by Gasteiger charge is 2.39. The maximum Gasteiger partial charge on any atom is 0.315 e. The van der Waals surface area contributed by atoms with Gasteiger partial charge in [-0.2, -0.15) is 0 Å². The molecule has 1 aliphatic heterocycles. The van der Waals surface area contributed by atoms with E-state index in [1.807, 2.05) is 42.5 Å². The van der Waals surface area contributed by atoms with E-state index in [0.29, 0.717) is 11.5 Å². The first kappa shape index (κ1) is 15.3. The standard InChI is InChI=1S/C19H18O4/c1-12(20)10-16-18(13-6-4-3-5-7-13)15-9-8-14(22-2)11-17(15)23-19(16)21/h3-9,11,16,18H,10H2,1-2H3/t16-,18-/m0/s1. The molecule has 118 valence electrons. The maximum atomic E-state index is 12.5. The van der Waals surface area contributed by atoms with Crippen LogP contribution in [0.5, 0.6) is 11.5 Å². The maximum absolute atomic E-state index is 12.5. The van der Waals surface area contributed by atoms with E-state index in [1.54, 1.807) is 13.2 Å². The lowest BCUT2D eigenvalue weighted by Crippen LogP contribution is -2.33. The van der Waals surface area contributed by atoms with Crippen LogP contribution in [0.15, 0.2) is 48.5 Å². The van der Waals surface area contributed by atoms with Crippen molar-refractivity contribution in [2.24, 2.45) is 5.92 Å². The number of hydrogen-bond acceptors (Lipinski definition) is 4. The van der Waals surface area contributed by atoms with Crippen LogP contribution in [0.4, 0.5) is 0 Å². The number of esters is 1. The Labute approximate surface area is 135 Å². The van der Waals surface area contributed by atoms with Crippen LogP contribution in [0.3, 0.4) is 0 Å². The summed E-state index contributed by atoms with van der Waals surface area (Å²) < 4.78 is 10.7. The highest BCUT2D eigenvalue weighted by atomic mass is 16.5. The van der Waals surface area contributed by atoms with Crippen molar-refractivity contribution in [2.45, 2.75) is 19.3 Å². The second kappa shape index (κ2) is 6.24. The van der Waals surface area contributed by atoms with Crippen molar-refractivity contribution in [1.29, 1.82) is 0 Å². The molecule has 0 aliphatic carbocycles. The van der Waals surface area contributed by atoms with Crippen molar-refractivity contribution in [2.75, 3.05) is 7.11 Å². The lowest BCUT2D eigenvalue weighted by molar-refractivity contribution is -0.142. The van der Waals surface area contributed by atoms with E-state index < -0.39 is 5.92 Å². The van der Waals surface area contributed by atoms with Crippen LogP contribution in [0.2, 0.25) is 0 Å². The smallest absolute Gasteiger partial charge is 0.315 e. The first-order valence-corrected chi connectivity index (χ1v) is 7.54. The molecule has 2 aromatic carbocycles. The molecule has 1 heterocycles. The minimum atomic E-state index is -0.504. The first-order chi connectivity index (χ1) is 11.1. The second-order valence-corrected chi connectivity index (χ2v) is 5.73. The van der Waals surface area contributed by atoms with E-state index in [4.69, 9.17) is 9.47 Å². The van der Waals surface area contributed by atoms with Crippen LogP contribution in [0.1, 0.15) is 30.4 Å². The summed E-state index contributed by atoms with van der Waals surface area (Å²) in [4.78, 5) is 24.1. The second-order valence-electron chi connectivity index (χ2n) is 5.73. The van der Waals surface area contributed by atoms with E-state index in [9.17, 15) is 9.59 Å². The van der Waals surface area contributed by atoms with E-state index in [1.165, 1.54) is 6.92 Å². The van der Waals surface area contributed by atoms with Gasteiger partial charge in [0.15, 0.2) is 0 Å². The number of carbonyl (C=O) groups excluding carboxylic acids is 2. The zero-order valence-corrected chi connectivity index (χ0v) is 13.1. The molecule has 3 rings (SSSR count). The fourth-order valence-electron chi connectivity index (χ4n) is 3.11. The Morgan fingerprint density at radius 2 is 1.91 bits per heavy atom. The Balaban J connectivity index is 2.13. The quantitative estimate of drug-likeness (QED) is 0.642. The van der Waals surface area contributed by atoms with Crippen molar-refractivity contribution in [3.8, 4) is 11.5 Å². The molecule has 2 atom stereocenters. The van der Waals surface area contributed by atoms with Gasteiger partial charge in [-0.15, -0.1) is 0 Å². The van der Waals surface area contributed by atoms with E-state index in [-0.39, 0.29) is 24.1 Å². The third kappa shape index (κ3) is 2.97. The molecule has 23 heavy (non-hydrogen) atoms. The molecule has 0 saturated heterocycles. The van der Waals surface area contributed by atoms with Gasteiger partial charge < -0.3 is 14.3 Å². The number of methoxy groups -OCH3 is 1. The van der Waals surface area contributed by atoms with E-state index >= 15 is 0 Å². The van der Waals surface area contributed by atoms with Crippen LogP contribution in [0, 0.1) is 5.92 Å². The Bertz CT molecular complexity index is 736. The van der Waals surface area contributed by atoms with Gasteiger partial charge in [-0.1, -0.05) is 36.4 Å². The Hall–Kier alpha value is -2.62. The van der Waals surface area contributed by atoms with Crippen LogP contribution in [-0.4, -0.2) is 18.9 Å². The minimum Gasteiger partial charge on any atom is -0.497 e. The van der Waals surface area contributed by atoms with Gasteiger partial charge >= 0.3 is 5.97 Å². The summed E-state index contributed by atoms with van der Waals surface area (Å²) in [5, 5.41) is 0. The summed E-state index contributed by atoms with van der Waals surface area (Å²) >= 11 is 0. The molecule has 1 aliphatic rings. The third-order valence-corrected chi connectivity index (χ3v) is 4.14. The summed E-state index contributed by atoms with van der Waals surface area (Å²) in [5.41, 5.74) is 1.91. The Kier molecular flexibility index (Phi) is 4.15. The molecule has 0 saturated carbocycles. The molecular formula is C19H18O4. The van der Waals surface area contributed by atoms with Crippen molar-refractivity contribution in [1.82, 2.24) is 0 Å². The van der Waals surface area contributed by atoms with Gasteiger partial charge in [0.25, 0.3) is 0 Å². The lowest BCUT2D eigenvalue weighted by atomic mass is 9.76. The summed E-state index contributed by atoms with van der Waals surface area (Å²) in [6, 6.07) is 15.2. The van der Waals surface area contributed by atoms with Crippen LogP contribution in [0.25, 0.3) is 0 Å². The lowest BCUT2D eigenvalue weighted by Gasteiger charge is -2.32. The molecule has 4 nitrogen and oxygen atoms in total. The molecule has 4 heteroatoms. The molecule has 2 aromatic rings. The van der Waals surface area contributed by atoms with E-state index in [0.717, 1.165) is 11.1 Å². The normalized spacial score (nSPS) is 19.7. The van der Waals surface area contributed by atoms with Gasteiger partial charge in [0, 0.05) is 24.0 Å². The molecule has 0 amide bonds. The molecule has 0 aromatic heterocycles. The molecular weight excluding hydrogens is 292 g/mol. The number of benzene rings is 2. The SMILES string of the molecule is COc1ccc2c(c1)OC(=O)[C@@H](CC(C)=O)[C@H]2c1ccccc1. The number of rotatable bonds is 4. The van der Waals surface area contributed by atoms with Gasteiger partial charge in [-0.3, -0.25) is 4.79 Å². The van der Waals surface area contributed by atoms with Gasteiger partial charge in [0.05, 0.1) is 13.0 Å². The topological polar surface area (TPSA) is 52.6 Å². The number of Topliss-reactive ketones (excluding diaryl/α,β-unsaturated/α-hetero) is 1. The molecule has 0 fully saturated rings. The summed E-state index contributed by atoms with van der Waals surface area (Å²) in [5.74, 6) is 0.0501. The van der Waals surface area contributed by atoms with Gasteiger partial charge in [-0.25, -0.2) is 0 Å². The van der Waals surface area contributed by atoms with Gasteiger partial charge in [-0.05, 0) is 18.6 Å². The number of ketones is 1. The largest absolute Gasteiger partial charge is 0.497 e. The predicted molar refractivity (Wildman–Crippen MR) is 85.7 cm³/mol. The Morgan fingerprint density at radius 3 is 2.57 bits per heavy atom. The zero-order valence-electron chi connectivity index (χ0n) is 13.1. The average molecular weight is 310 g/mol. The predicted octanol–water partition coefficient (Wildman–Crippen LogP) is 3.34.